The van der Waals surface area contributed by atoms with Gasteiger partial charge in [0, 0.05) is 38.9 Å². The second-order valence-electron chi connectivity index (χ2n) is 7.37. The summed E-state index contributed by atoms with van der Waals surface area (Å²) >= 11 is 0. The first-order valence-electron chi connectivity index (χ1n) is 10.3. The maximum atomic E-state index is 14.3. The Morgan fingerprint density at radius 2 is 1.74 bits per heavy atom. The number of halogens is 1. The maximum absolute atomic E-state index is 14.3. The summed E-state index contributed by atoms with van der Waals surface area (Å²) in [6, 6.07) is 14.7. The van der Waals surface area contributed by atoms with E-state index in [1.54, 1.807) is 25.0 Å². The van der Waals surface area contributed by atoms with Crippen LogP contribution in [-0.4, -0.2) is 72.1 Å². The highest BCUT2D eigenvalue weighted by molar-refractivity contribution is 5.48. The molecule has 1 aromatic heterocycles. The lowest BCUT2D eigenvalue weighted by atomic mass is 10.0. The van der Waals surface area contributed by atoms with Gasteiger partial charge >= 0.3 is 0 Å². The number of aromatic nitrogens is 4. The van der Waals surface area contributed by atoms with Gasteiger partial charge in [0.25, 0.3) is 0 Å². The van der Waals surface area contributed by atoms with Crippen molar-refractivity contribution < 1.29 is 13.9 Å². The molecule has 9 heteroatoms. The van der Waals surface area contributed by atoms with Gasteiger partial charge in [0.05, 0.1) is 25.9 Å². The fraction of sp³-hybridized carbons (Fsp3) is 0.409. The molecule has 2 heterocycles. The van der Waals surface area contributed by atoms with Gasteiger partial charge in [-0.3, -0.25) is 4.90 Å². The average molecular weight is 426 g/mol. The number of ether oxygens (including phenoxy) is 2. The molecule has 4 rings (SSSR count). The Morgan fingerprint density at radius 3 is 2.48 bits per heavy atom. The summed E-state index contributed by atoms with van der Waals surface area (Å²) in [5.41, 5.74) is 1.64. The van der Waals surface area contributed by atoms with E-state index < -0.39 is 0 Å². The third-order valence-corrected chi connectivity index (χ3v) is 5.62. The van der Waals surface area contributed by atoms with Crippen LogP contribution in [0.3, 0.4) is 0 Å². The highest BCUT2D eigenvalue weighted by atomic mass is 19.1. The van der Waals surface area contributed by atoms with Gasteiger partial charge in [-0.1, -0.05) is 30.3 Å². The first kappa shape index (κ1) is 21.2. The lowest BCUT2D eigenvalue weighted by molar-refractivity contribution is 0.171. The van der Waals surface area contributed by atoms with Crippen LogP contribution in [-0.2, 0) is 11.3 Å². The number of para-hydroxylation sites is 2. The van der Waals surface area contributed by atoms with Crippen LogP contribution in [0, 0.1) is 5.82 Å². The molecule has 0 bridgehead atoms. The van der Waals surface area contributed by atoms with Crippen molar-refractivity contribution >= 4 is 5.69 Å². The monoisotopic (exact) mass is 426 g/mol. The Kier molecular flexibility index (Phi) is 6.73. The van der Waals surface area contributed by atoms with Gasteiger partial charge in [-0.15, -0.1) is 5.10 Å². The number of rotatable bonds is 8. The van der Waals surface area contributed by atoms with Crippen LogP contribution in [0.2, 0.25) is 0 Å². The SMILES string of the molecule is COCCn1nnnc1[C@H](c1ccccc1OC)N1CCN(c2ccccc2F)CC1. The van der Waals surface area contributed by atoms with Gasteiger partial charge in [0.1, 0.15) is 17.6 Å². The highest BCUT2D eigenvalue weighted by Crippen LogP contribution is 2.34. The molecule has 1 saturated heterocycles. The molecule has 3 aromatic rings. The lowest BCUT2D eigenvalue weighted by Gasteiger charge is -2.40. The number of tetrazole rings is 1. The largest absolute Gasteiger partial charge is 0.496 e. The van der Waals surface area contributed by atoms with E-state index in [1.165, 1.54) is 6.07 Å². The number of methoxy groups -OCH3 is 2. The molecule has 1 aliphatic rings. The van der Waals surface area contributed by atoms with Crippen LogP contribution in [0.25, 0.3) is 0 Å². The Balaban J connectivity index is 1.63. The fourth-order valence-electron chi connectivity index (χ4n) is 4.07. The summed E-state index contributed by atoms with van der Waals surface area (Å²) in [6.07, 6.45) is 0. The minimum absolute atomic E-state index is 0.189. The van der Waals surface area contributed by atoms with Gasteiger partial charge in [0.2, 0.25) is 0 Å². The van der Waals surface area contributed by atoms with E-state index in [4.69, 9.17) is 9.47 Å². The van der Waals surface area contributed by atoms with E-state index in [1.807, 2.05) is 36.4 Å². The molecule has 8 nitrogen and oxygen atoms in total. The zero-order chi connectivity index (χ0) is 21.6. The topological polar surface area (TPSA) is 68.5 Å². The summed E-state index contributed by atoms with van der Waals surface area (Å²) in [5.74, 6) is 1.33. The fourth-order valence-corrected chi connectivity index (χ4v) is 4.07. The number of piperazine rings is 1. The molecule has 31 heavy (non-hydrogen) atoms. The number of hydrogen-bond acceptors (Lipinski definition) is 7. The Hall–Kier alpha value is -3.04. The molecular formula is C22H27FN6O2. The predicted octanol–water partition coefficient (Wildman–Crippen LogP) is 2.38. The van der Waals surface area contributed by atoms with Crippen LogP contribution >= 0.6 is 0 Å². The summed E-state index contributed by atoms with van der Waals surface area (Å²) < 4.78 is 26.9. The smallest absolute Gasteiger partial charge is 0.173 e. The number of hydrogen-bond donors (Lipinski definition) is 0. The van der Waals surface area contributed by atoms with Gasteiger partial charge < -0.3 is 14.4 Å². The predicted molar refractivity (Wildman–Crippen MR) is 115 cm³/mol. The quantitative estimate of drug-likeness (QED) is 0.548. The minimum Gasteiger partial charge on any atom is -0.496 e. The normalized spacial score (nSPS) is 15.8. The highest BCUT2D eigenvalue weighted by Gasteiger charge is 2.32. The number of anilines is 1. The molecular weight excluding hydrogens is 399 g/mol. The third kappa shape index (κ3) is 4.52. The van der Waals surface area contributed by atoms with Gasteiger partial charge in [-0.2, -0.15) is 0 Å². The summed E-state index contributed by atoms with van der Waals surface area (Å²) in [4.78, 5) is 4.41. The van der Waals surface area contributed by atoms with E-state index >= 15 is 0 Å². The Bertz CT molecular complexity index is 989. The first-order chi connectivity index (χ1) is 15.2. The van der Waals surface area contributed by atoms with E-state index in [0.29, 0.717) is 31.9 Å². The van der Waals surface area contributed by atoms with Crippen molar-refractivity contribution in [1.82, 2.24) is 25.1 Å². The summed E-state index contributed by atoms with van der Waals surface area (Å²) in [7, 11) is 3.32. The van der Waals surface area contributed by atoms with Crippen LogP contribution < -0.4 is 9.64 Å². The molecule has 0 amide bonds. The van der Waals surface area contributed by atoms with E-state index in [-0.39, 0.29) is 11.9 Å². The molecule has 0 unspecified atom stereocenters. The zero-order valence-corrected chi connectivity index (χ0v) is 17.8. The number of nitrogens with zero attached hydrogens (tertiary/aromatic N) is 6. The lowest BCUT2D eigenvalue weighted by Crippen LogP contribution is -2.48. The van der Waals surface area contributed by atoms with Crippen LogP contribution in [0.4, 0.5) is 10.1 Å². The van der Waals surface area contributed by atoms with Crippen LogP contribution in [0.1, 0.15) is 17.4 Å². The first-order valence-corrected chi connectivity index (χ1v) is 10.3. The van der Waals surface area contributed by atoms with Crippen molar-refractivity contribution in [2.75, 3.05) is 51.9 Å². The summed E-state index contributed by atoms with van der Waals surface area (Å²) in [5, 5.41) is 12.5. The van der Waals surface area contributed by atoms with Gasteiger partial charge in [0.15, 0.2) is 5.82 Å². The van der Waals surface area contributed by atoms with Crippen LogP contribution in [0.15, 0.2) is 48.5 Å². The van der Waals surface area contributed by atoms with Crippen molar-refractivity contribution in [3.63, 3.8) is 0 Å². The van der Waals surface area contributed by atoms with E-state index in [9.17, 15) is 4.39 Å². The van der Waals surface area contributed by atoms with Crippen molar-refractivity contribution in [3.8, 4) is 5.75 Å². The second kappa shape index (κ2) is 9.84. The van der Waals surface area contributed by atoms with E-state index in [2.05, 4.69) is 25.3 Å². The molecule has 0 spiro atoms. The molecule has 1 fully saturated rings. The standard InChI is InChI=1S/C22H27FN6O2/c1-30-16-15-29-22(24-25-26-29)21(17-7-3-6-10-20(17)31-2)28-13-11-27(12-14-28)19-9-5-4-8-18(19)23/h3-10,21H,11-16H2,1-2H3/t21-/m0/s1. The van der Waals surface area contributed by atoms with Gasteiger partial charge in [-0.25, -0.2) is 9.07 Å². The minimum atomic E-state index is -0.194. The molecule has 0 saturated carbocycles. The van der Waals surface area contributed by atoms with Crippen molar-refractivity contribution in [2.24, 2.45) is 0 Å². The third-order valence-electron chi connectivity index (χ3n) is 5.62. The van der Waals surface area contributed by atoms with Gasteiger partial charge in [-0.05, 0) is 28.6 Å². The molecule has 1 atom stereocenters. The Labute approximate surface area is 181 Å². The summed E-state index contributed by atoms with van der Waals surface area (Å²) in [6.45, 7) is 3.93. The van der Waals surface area contributed by atoms with Crippen molar-refractivity contribution in [3.05, 3.63) is 65.7 Å². The van der Waals surface area contributed by atoms with E-state index in [0.717, 1.165) is 30.2 Å². The maximum Gasteiger partial charge on any atom is 0.173 e. The van der Waals surface area contributed by atoms with Crippen molar-refractivity contribution in [2.45, 2.75) is 12.6 Å². The van der Waals surface area contributed by atoms with Crippen molar-refractivity contribution in [1.29, 1.82) is 0 Å². The molecule has 0 N–H and O–H groups in total. The molecule has 2 aromatic carbocycles. The number of benzene rings is 2. The second-order valence-corrected chi connectivity index (χ2v) is 7.37. The molecule has 164 valence electrons. The molecule has 1 aliphatic heterocycles. The molecule has 0 aliphatic carbocycles. The molecule has 0 radical (unpaired) electrons. The Morgan fingerprint density at radius 1 is 1.00 bits per heavy atom. The van der Waals surface area contributed by atoms with Crippen LogP contribution in [0.5, 0.6) is 5.75 Å². The zero-order valence-electron chi connectivity index (χ0n) is 17.8. The average Bonchev–Trinajstić information content (AvgIpc) is 3.27.